The summed E-state index contributed by atoms with van der Waals surface area (Å²) in [6.45, 7) is 4.10. The third-order valence-electron chi connectivity index (χ3n) is 3.20. The van der Waals surface area contributed by atoms with Gasteiger partial charge >= 0.3 is 0 Å². The van der Waals surface area contributed by atoms with Crippen molar-refractivity contribution in [1.29, 1.82) is 0 Å². The third kappa shape index (κ3) is 4.18. The number of amides is 1. The van der Waals surface area contributed by atoms with Gasteiger partial charge in [0.2, 0.25) is 5.95 Å². The van der Waals surface area contributed by atoms with Gasteiger partial charge in [0.15, 0.2) is 0 Å². The minimum atomic E-state index is -0.289. The lowest BCUT2D eigenvalue weighted by Gasteiger charge is -2.11. The molecule has 0 aliphatic carbocycles. The highest BCUT2D eigenvalue weighted by molar-refractivity contribution is 6.03. The molecular weight excluding hydrogens is 280 g/mol. The fourth-order valence-electron chi connectivity index (χ4n) is 1.77. The van der Waals surface area contributed by atoms with E-state index in [0.717, 1.165) is 6.42 Å². The van der Waals surface area contributed by atoms with Gasteiger partial charge in [-0.25, -0.2) is 9.97 Å². The normalized spacial score (nSPS) is 11.6. The molecule has 2 rings (SSSR count). The number of benzene rings is 1. The second-order valence-corrected chi connectivity index (χ2v) is 4.91. The first-order valence-corrected chi connectivity index (χ1v) is 7.17. The van der Waals surface area contributed by atoms with E-state index in [4.69, 9.17) is 4.74 Å². The smallest absolute Gasteiger partial charge is 0.274 e. The molecule has 116 valence electrons. The van der Waals surface area contributed by atoms with E-state index in [1.54, 1.807) is 31.5 Å². The highest BCUT2D eigenvalue weighted by atomic mass is 16.5. The fraction of sp³-hybridized carbons (Fsp3) is 0.312. The summed E-state index contributed by atoms with van der Waals surface area (Å²) in [4.78, 5) is 20.6. The average Bonchev–Trinajstić information content (AvgIpc) is 2.55. The molecule has 6 nitrogen and oxygen atoms in total. The van der Waals surface area contributed by atoms with Gasteiger partial charge in [-0.1, -0.05) is 13.0 Å². The second-order valence-electron chi connectivity index (χ2n) is 4.91. The van der Waals surface area contributed by atoms with Gasteiger partial charge < -0.3 is 15.4 Å². The standard InChI is InChI=1S/C16H20N4O2/c1-4-11(2)18-16-17-9-8-14(20-16)15(21)19-12-6-5-7-13(10-12)22-3/h5-11H,4H2,1-3H3,(H,19,21)(H,17,18,20). The minimum absolute atomic E-state index is 0.247. The molecule has 0 aliphatic heterocycles. The number of carbonyl (C=O) groups excluding carboxylic acids is 1. The molecule has 1 heterocycles. The average molecular weight is 300 g/mol. The van der Waals surface area contributed by atoms with E-state index in [0.29, 0.717) is 23.1 Å². The van der Waals surface area contributed by atoms with Crippen molar-refractivity contribution in [2.75, 3.05) is 17.7 Å². The van der Waals surface area contributed by atoms with Crippen molar-refractivity contribution >= 4 is 17.5 Å². The van der Waals surface area contributed by atoms with E-state index < -0.39 is 0 Å². The molecule has 22 heavy (non-hydrogen) atoms. The lowest BCUT2D eigenvalue weighted by molar-refractivity contribution is 0.102. The lowest BCUT2D eigenvalue weighted by Crippen LogP contribution is -2.19. The van der Waals surface area contributed by atoms with Gasteiger partial charge in [0, 0.05) is 24.0 Å². The molecule has 0 aliphatic rings. The summed E-state index contributed by atoms with van der Waals surface area (Å²) in [7, 11) is 1.58. The molecule has 1 aromatic heterocycles. The molecular formula is C16H20N4O2. The number of carbonyl (C=O) groups is 1. The van der Waals surface area contributed by atoms with Crippen LogP contribution >= 0.6 is 0 Å². The van der Waals surface area contributed by atoms with Crippen molar-refractivity contribution in [3.8, 4) is 5.75 Å². The van der Waals surface area contributed by atoms with Gasteiger partial charge in [0.1, 0.15) is 11.4 Å². The Morgan fingerprint density at radius 1 is 1.36 bits per heavy atom. The van der Waals surface area contributed by atoms with Crippen LogP contribution in [0.15, 0.2) is 36.5 Å². The van der Waals surface area contributed by atoms with Crippen LogP contribution in [0, 0.1) is 0 Å². The van der Waals surface area contributed by atoms with Crippen molar-refractivity contribution in [1.82, 2.24) is 9.97 Å². The zero-order valence-corrected chi connectivity index (χ0v) is 13.0. The summed E-state index contributed by atoms with van der Waals surface area (Å²) in [5, 5.41) is 5.94. The maximum absolute atomic E-state index is 12.3. The molecule has 1 unspecified atom stereocenters. The van der Waals surface area contributed by atoms with Crippen LogP contribution in [-0.2, 0) is 0 Å². The Kier molecular flexibility index (Phi) is 5.30. The van der Waals surface area contributed by atoms with Gasteiger partial charge in [-0.3, -0.25) is 4.79 Å². The van der Waals surface area contributed by atoms with Crippen molar-refractivity contribution in [2.45, 2.75) is 26.3 Å². The number of aromatic nitrogens is 2. The number of hydrogen-bond donors (Lipinski definition) is 2. The van der Waals surface area contributed by atoms with Gasteiger partial charge in [0.25, 0.3) is 5.91 Å². The van der Waals surface area contributed by atoms with E-state index in [1.165, 1.54) is 0 Å². The first-order chi connectivity index (χ1) is 10.6. The van der Waals surface area contributed by atoms with E-state index in [1.807, 2.05) is 19.1 Å². The van der Waals surface area contributed by atoms with Crippen molar-refractivity contribution in [3.05, 3.63) is 42.2 Å². The molecule has 2 aromatic rings. The van der Waals surface area contributed by atoms with Crippen LogP contribution in [0.3, 0.4) is 0 Å². The van der Waals surface area contributed by atoms with Crippen LogP contribution in [0.25, 0.3) is 0 Å². The van der Waals surface area contributed by atoms with Crippen LogP contribution in [-0.4, -0.2) is 29.0 Å². The SMILES string of the molecule is CCC(C)Nc1nccc(C(=O)Nc2cccc(OC)c2)n1. The topological polar surface area (TPSA) is 76.1 Å². The molecule has 0 fully saturated rings. The zero-order chi connectivity index (χ0) is 15.9. The predicted molar refractivity (Wildman–Crippen MR) is 86.4 cm³/mol. The zero-order valence-electron chi connectivity index (χ0n) is 13.0. The van der Waals surface area contributed by atoms with Crippen LogP contribution in [0.4, 0.5) is 11.6 Å². The summed E-state index contributed by atoms with van der Waals surface area (Å²) in [5.74, 6) is 0.843. The number of anilines is 2. The molecule has 0 spiro atoms. The molecule has 1 amide bonds. The van der Waals surface area contributed by atoms with Crippen molar-refractivity contribution < 1.29 is 9.53 Å². The Labute approximate surface area is 129 Å². The molecule has 2 N–H and O–H groups in total. The molecule has 0 saturated heterocycles. The van der Waals surface area contributed by atoms with Gasteiger partial charge in [-0.2, -0.15) is 0 Å². The molecule has 0 saturated carbocycles. The van der Waals surface area contributed by atoms with Crippen LogP contribution in [0.1, 0.15) is 30.8 Å². The Morgan fingerprint density at radius 2 is 2.18 bits per heavy atom. The number of rotatable bonds is 6. The number of hydrogen-bond acceptors (Lipinski definition) is 5. The highest BCUT2D eigenvalue weighted by Gasteiger charge is 2.10. The van der Waals surface area contributed by atoms with Gasteiger partial charge in [-0.15, -0.1) is 0 Å². The largest absolute Gasteiger partial charge is 0.497 e. The first-order valence-electron chi connectivity index (χ1n) is 7.17. The van der Waals surface area contributed by atoms with E-state index in [9.17, 15) is 4.79 Å². The Balaban J connectivity index is 2.10. The minimum Gasteiger partial charge on any atom is -0.497 e. The second kappa shape index (κ2) is 7.40. The van der Waals surface area contributed by atoms with Crippen LogP contribution in [0.2, 0.25) is 0 Å². The molecule has 1 atom stereocenters. The number of ether oxygens (including phenoxy) is 1. The monoisotopic (exact) mass is 300 g/mol. The molecule has 0 bridgehead atoms. The summed E-state index contributed by atoms with van der Waals surface area (Å²) in [6.07, 6.45) is 2.52. The molecule has 6 heteroatoms. The maximum atomic E-state index is 12.3. The Hall–Kier alpha value is -2.63. The molecule has 1 aromatic carbocycles. The summed E-state index contributed by atoms with van der Waals surface area (Å²) in [5.41, 5.74) is 0.961. The quantitative estimate of drug-likeness (QED) is 0.857. The third-order valence-corrected chi connectivity index (χ3v) is 3.20. The Bertz CT molecular complexity index is 646. The number of nitrogens with zero attached hydrogens (tertiary/aromatic N) is 2. The number of nitrogens with one attached hydrogen (secondary N) is 2. The lowest BCUT2D eigenvalue weighted by atomic mass is 10.2. The van der Waals surface area contributed by atoms with Gasteiger partial charge in [-0.05, 0) is 31.5 Å². The van der Waals surface area contributed by atoms with Crippen LogP contribution in [0.5, 0.6) is 5.75 Å². The van der Waals surface area contributed by atoms with Crippen LogP contribution < -0.4 is 15.4 Å². The Morgan fingerprint density at radius 3 is 2.91 bits per heavy atom. The summed E-state index contributed by atoms with van der Waals surface area (Å²) < 4.78 is 5.13. The summed E-state index contributed by atoms with van der Waals surface area (Å²) >= 11 is 0. The fourth-order valence-corrected chi connectivity index (χ4v) is 1.77. The number of methoxy groups -OCH3 is 1. The predicted octanol–water partition coefficient (Wildman–Crippen LogP) is 2.95. The van der Waals surface area contributed by atoms with Crippen molar-refractivity contribution in [3.63, 3.8) is 0 Å². The van der Waals surface area contributed by atoms with E-state index in [-0.39, 0.29) is 11.9 Å². The summed E-state index contributed by atoms with van der Waals surface area (Å²) in [6, 6.07) is 8.99. The van der Waals surface area contributed by atoms with E-state index >= 15 is 0 Å². The van der Waals surface area contributed by atoms with E-state index in [2.05, 4.69) is 27.5 Å². The van der Waals surface area contributed by atoms with Crippen molar-refractivity contribution in [2.24, 2.45) is 0 Å². The maximum Gasteiger partial charge on any atom is 0.274 e. The van der Waals surface area contributed by atoms with Gasteiger partial charge in [0.05, 0.1) is 7.11 Å². The highest BCUT2D eigenvalue weighted by Crippen LogP contribution is 2.17. The first kappa shape index (κ1) is 15.8. The molecule has 0 radical (unpaired) electrons.